The zero-order valence-corrected chi connectivity index (χ0v) is 18.8. The van der Waals surface area contributed by atoms with Gasteiger partial charge in [0.15, 0.2) is 0 Å². The summed E-state index contributed by atoms with van der Waals surface area (Å²) in [6, 6.07) is 14.2. The molecule has 182 valence electrons. The fraction of sp³-hybridized carbons (Fsp3) is 0.440. The number of nitrogens with two attached hydrogens (primary N) is 1. The van der Waals surface area contributed by atoms with Gasteiger partial charge in [-0.05, 0) is 49.4 Å². The molecule has 0 atom stereocenters. The molecule has 1 saturated carbocycles. The molecule has 0 aromatic heterocycles. The smallest absolute Gasteiger partial charge is 0.343 e. The van der Waals surface area contributed by atoms with E-state index in [1.54, 1.807) is 0 Å². The monoisotopic (exact) mass is 474 g/mol. The lowest BCUT2D eigenvalue weighted by molar-refractivity contribution is -0.138. The van der Waals surface area contributed by atoms with Crippen LogP contribution in [0.5, 0.6) is 0 Å². The minimum absolute atomic E-state index is 0.00504. The van der Waals surface area contributed by atoms with Crippen molar-refractivity contribution in [1.29, 1.82) is 0 Å². The maximum atomic E-state index is 13.1. The maximum Gasteiger partial charge on any atom is 0.416 e. The number of nitrogens with one attached hydrogen (secondary N) is 2. The van der Waals surface area contributed by atoms with Gasteiger partial charge in [0.05, 0.1) is 18.2 Å². The quantitative estimate of drug-likeness (QED) is 0.601. The minimum Gasteiger partial charge on any atom is -0.343 e. The van der Waals surface area contributed by atoms with Crippen molar-refractivity contribution in [2.45, 2.75) is 49.5 Å². The lowest BCUT2D eigenvalue weighted by Crippen LogP contribution is -2.64. The third-order valence-electron chi connectivity index (χ3n) is 6.88. The SMILES string of the molecule is NC1(c2ccccc2)CCC(N(C(=O)CNC(=O)c2cccc(C(F)(F)F)c2)C2CNC2)CC1. The summed E-state index contributed by atoms with van der Waals surface area (Å²) < 4.78 is 38.8. The zero-order chi connectivity index (χ0) is 24.3. The standard InChI is InChI=1S/C25H29F3N4O2/c26-25(27,28)19-8-4-5-17(13-19)23(34)31-16-22(33)32(21-14-30-15-21)20-9-11-24(29,12-10-20)18-6-2-1-3-7-18/h1-8,13,20-21,30H,9-12,14-16,29H2,(H,31,34). The van der Waals surface area contributed by atoms with E-state index < -0.39 is 23.2 Å². The van der Waals surface area contributed by atoms with Crippen molar-refractivity contribution in [3.63, 3.8) is 0 Å². The molecule has 4 rings (SSSR count). The zero-order valence-electron chi connectivity index (χ0n) is 18.8. The van der Waals surface area contributed by atoms with Crippen molar-refractivity contribution in [1.82, 2.24) is 15.5 Å². The summed E-state index contributed by atoms with van der Waals surface area (Å²) in [7, 11) is 0. The second-order valence-corrected chi connectivity index (χ2v) is 9.13. The maximum absolute atomic E-state index is 13.1. The van der Waals surface area contributed by atoms with Crippen molar-refractivity contribution in [3.05, 3.63) is 71.3 Å². The third-order valence-corrected chi connectivity index (χ3v) is 6.88. The molecule has 2 aromatic rings. The van der Waals surface area contributed by atoms with E-state index >= 15 is 0 Å². The Labute approximate surface area is 196 Å². The highest BCUT2D eigenvalue weighted by Crippen LogP contribution is 2.37. The van der Waals surface area contributed by atoms with Gasteiger partial charge in [-0.3, -0.25) is 9.59 Å². The van der Waals surface area contributed by atoms with Gasteiger partial charge in [-0.25, -0.2) is 0 Å². The Morgan fingerprint density at radius 3 is 2.29 bits per heavy atom. The summed E-state index contributed by atoms with van der Waals surface area (Å²) >= 11 is 0. The van der Waals surface area contributed by atoms with Gasteiger partial charge in [0.25, 0.3) is 5.91 Å². The summed E-state index contributed by atoms with van der Waals surface area (Å²) in [5.74, 6) is -0.944. The van der Waals surface area contributed by atoms with Gasteiger partial charge in [0.2, 0.25) is 5.91 Å². The first-order valence-corrected chi connectivity index (χ1v) is 11.5. The van der Waals surface area contributed by atoms with Gasteiger partial charge in [-0.15, -0.1) is 0 Å². The van der Waals surface area contributed by atoms with E-state index in [4.69, 9.17) is 5.73 Å². The van der Waals surface area contributed by atoms with Crippen LogP contribution < -0.4 is 16.4 Å². The molecule has 1 aliphatic heterocycles. The fourth-order valence-corrected chi connectivity index (χ4v) is 4.82. The molecule has 0 unspecified atom stereocenters. The van der Waals surface area contributed by atoms with Crippen molar-refractivity contribution >= 4 is 11.8 Å². The highest BCUT2D eigenvalue weighted by atomic mass is 19.4. The molecule has 2 fully saturated rings. The average Bonchev–Trinajstić information content (AvgIpc) is 2.80. The van der Waals surface area contributed by atoms with Crippen molar-refractivity contribution < 1.29 is 22.8 Å². The van der Waals surface area contributed by atoms with Gasteiger partial charge in [-0.1, -0.05) is 36.4 Å². The molecule has 9 heteroatoms. The highest BCUT2D eigenvalue weighted by molar-refractivity contribution is 5.96. The van der Waals surface area contributed by atoms with Crippen LogP contribution in [0.1, 0.15) is 47.2 Å². The van der Waals surface area contributed by atoms with Crippen LogP contribution in [-0.2, 0) is 16.5 Å². The van der Waals surface area contributed by atoms with E-state index in [-0.39, 0.29) is 30.1 Å². The van der Waals surface area contributed by atoms with E-state index in [0.29, 0.717) is 13.1 Å². The van der Waals surface area contributed by atoms with Crippen molar-refractivity contribution in [2.24, 2.45) is 5.73 Å². The second-order valence-electron chi connectivity index (χ2n) is 9.13. The Kier molecular flexibility index (Phi) is 6.95. The number of hydrogen-bond acceptors (Lipinski definition) is 4. The van der Waals surface area contributed by atoms with Gasteiger partial charge in [0, 0.05) is 30.2 Å². The predicted molar refractivity (Wildman–Crippen MR) is 122 cm³/mol. The largest absolute Gasteiger partial charge is 0.416 e. The van der Waals surface area contributed by atoms with Gasteiger partial charge < -0.3 is 21.3 Å². The van der Waals surface area contributed by atoms with Crippen LogP contribution in [0.3, 0.4) is 0 Å². The molecule has 0 spiro atoms. The molecule has 1 heterocycles. The number of halogens is 3. The predicted octanol–water partition coefficient (Wildman–Crippen LogP) is 3.03. The van der Waals surface area contributed by atoms with E-state index in [9.17, 15) is 22.8 Å². The molecule has 1 saturated heterocycles. The van der Waals surface area contributed by atoms with E-state index in [1.165, 1.54) is 12.1 Å². The summed E-state index contributed by atoms with van der Waals surface area (Å²) in [6.45, 7) is 1.08. The first-order valence-electron chi connectivity index (χ1n) is 11.5. The summed E-state index contributed by atoms with van der Waals surface area (Å²) in [4.78, 5) is 27.4. The Bertz CT molecular complexity index is 1020. The van der Waals surface area contributed by atoms with E-state index in [2.05, 4.69) is 10.6 Å². The first-order chi connectivity index (χ1) is 16.2. The molecule has 2 amide bonds. The number of nitrogens with zero attached hydrogens (tertiary/aromatic N) is 1. The summed E-state index contributed by atoms with van der Waals surface area (Å²) in [5, 5.41) is 5.68. The van der Waals surface area contributed by atoms with Gasteiger partial charge in [0.1, 0.15) is 0 Å². The molecule has 0 bridgehead atoms. The van der Waals surface area contributed by atoms with Gasteiger partial charge in [-0.2, -0.15) is 13.2 Å². The van der Waals surface area contributed by atoms with Crippen molar-refractivity contribution in [2.75, 3.05) is 19.6 Å². The Morgan fingerprint density at radius 1 is 1.03 bits per heavy atom. The first kappa shape index (κ1) is 24.2. The number of carbonyl (C=O) groups excluding carboxylic acids is 2. The molecule has 0 radical (unpaired) electrons. The molecule has 34 heavy (non-hydrogen) atoms. The van der Waals surface area contributed by atoms with Crippen LogP contribution >= 0.6 is 0 Å². The van der Waals surface area contributed by atoms with Crippen LogP contribution in [-0.4, -0.2) is 48.4 Å². The van der Waals surface area contributed by atoms with E-state index in [1.807, 2.05) is 35.2 Å². The Hall–Kier alpha value is -2.91. The van der Waals surface area contributed by atoms with Crippen LogP contribution in [0.15, 0.2) is 54.6 Å². The molecule has 2 aromatic carbocycles. The Balaban J connectivity index is 1.39. The van der Waals surface area contributed by atoms with Crippen LogP contribution in [0, 0.1) is 0 Å². The highest BCUT2D eigenvalue weighted by Gasteiger charge is 2.40. The van der Waals surface area contributed by atoms with E-state index in [0.717, 1.165) is 43.4 Å². The number of alkyl halides is 3. The van der Waals surface area contributed by atoms with Crippen LogP contribution in [0.4, 0.5) is 13.2 Å². The molecular formula is C25H29F3N4O2. The molecular weight excluding hydrogens is 445 g/mol. The van der Waals surface area contributed by atoms with Crippen LogP contribution in [0.2, 0.25) is 0 Å². The molecule has 4 N–H and O–H groups in total. The van der Waals surface area contributed by atoms with Crippen LogP contribution in [0.25, 0.3) is 0 Å². The number of carbonyl (C=O) groups is 2. The minimum atomic E-state index is -4.54. The third kappa shape index (κ3) is 5.26. The summed E-state index contributed by atoms with van der Waals surface area (Å²) in [6.07, 6.45) is -1.58. The number of hydrogen-bond donors (Lipinski definition) is 3. The van der Waals surface area contributed by atoms with Crippen molar-refractivity contribution in [3.8, 4) is 0 Å². The lowest BCUT2D eigenvalue weighted by Gasteiger charge is -2.47. The number of amides is 2. The van der Waals surface area contributed by atoms with Gasteiger partial charge >= 0.3 is 6.18 Å². The summed E-state index contributed by atoms with van der Waals surface area (Å²) in [5.41, 5.74) is 6.32. The number of benzene rings is 2. The Morgan fingerprint density at radius 2 is 1.71 bits per heavy atom. The lowest BCUT2D eigenvalue weighted by atomic mass is 9.75. The fourth-order valence-electron chi connectivity index (χ4n) is 4.82. The second kappa shape index (κ2) is 9.76. The molecule has 2 aliphatic rings. The average molecular weight is 475 g/mol. The topological polar surface area (TPSA) is 87.5 Å². The normalized spacial score (nSPS) is 23.1. The number of rotatable bonds is 6. The molecule has 1 aliphatic carbocycles. The molecule has 6 nitrogen and oxygen atoms in total.